The summed E-state index contributed by atoms with van der Waals surface area (Å²) in [5, 5.41) is 21.8. The molecule has 2 heterocycles. The van der Waals surface area contributed by atoms with Gasteiger partial charge in [-0.25, -0.2) is 9.07 Å². The van der Waals surface area contributed by atoms with Gasteiger partial charge in [0.1, 0.15) is 24.9 Å². The van der Waals surface area contributed by atoms with Gasteiger partial charge in [-0.05, 0) is 48.1 Å². The van der Waals surface area contributed by atoms with E-state index in [1.54, 1.807) is 43.6 Å². The quantitative estimate of drug-likeness (QED) is 0.353. The molecule has 1 aromatic heterocycles. The van der Waals surface area contributed by atoms with Gasteiger partial charge in [0.2, 0.25) is 17.7 Å². The van der Waals surface area contributed by atoms with Crippen molar-refractivity contribution in [2.45, 2.75) is 12.5 Å². The Kier molecular flexibility index (Phi) is 8.69. The molecule has 220 valence electrons. The predicted octanol–water partition coefficient (Wildman–Crippen LogP) is 3.19. The van der Waals surface area contributed by atoms with Gasteiger partial charge < -0.3 is 20.9 Å². The van der Waals surface area contributed by atoms with Crippen LogP contribution in [-0.4, -0.2) is 69.5 Å². The number of rotatable bonds is 8. The fraction of sp³-hybridized carbons (Fsp3) is 0.172. The van der Waals surface area contributed by atoms with Gasteiger partial charge in [0.05, 0.1) is 23.3 Å². The maximum atomic E-state index is 14.7. The molecule has 1 unspecified atom stereocenters. The van der Waals surface area contributed by atoms with E-state index < -0.39 is 42.7 Å². The molecule has 0 spiro atoms. The van der Waals surface area contributed by atoms with Gasteiger partial charge in [-0.15, -0.1) is 5.10 Å². The Balaban J connectivity index is 1.45. The molecule has 0 bridgehead atoms. The van der Waals surface area contributed by atoms with Crippen LogP contribution < -0.4 is 15.5 Å². The fourth-order valence-corrected chi connectivity index (χ4v) is 5.05. The maximum absolute atomic E-state index is 14.7. The number of nitrogens with zero attached hydrogens (tertiary/aromatic N) is 5. The Labute approximate surface area is 255 Å². The number of aromatic nitrogens is 3. The third kappa shape index (κ3) is 6.50. The Morgan fingerprint density at radius 1 is 1.12 bits per heavy atom. The zero-order valence-electron chi connectivity index (χ0n) is 22.7. The van der Waals surface area contributed by atoms with E-state index in [0.29, 0.717) is 27.7 Å². The molecular weight excluding hydrogens is 598 g/mol. The molecule has 0 radical (unpaired) electrons. The van der Waals surface area contributed by atoms with Crippen LogP contribution in [0.15, 0.2) is 84.4 Å². The molecule has 43 heavy (non-hydrogen) atoms. The molecular formula is C29H25Cl2FN8O3. The summed E-state index contributed by atoms with van der Waals surface area (Å²) in [6, 6.07) is 9.44. The normalized spacial score (nSPS) is 16.9. The van der Waals surface area contributed by atoms with Crippen molar-refractivity contribution in [2.24, 2.45) is 0 Å². The van der Waals surface area contributed by atoms with E-state index in [-0.39, 0.29) is 22.8 Å². The molecule has 3 N–H and O–H groups in total. The second-order valence-electron chi connectivity index (χ2n) is 9.66. The van der Waals surface area contributed by atoms with Crippen molar-refractivity contribution >= 4 is 52.3 Å². The summed E-state index contributed by atoms with van der Waals surface area (Å²) in [6.45, 7) is -0.871. The van der Waals surface area contributed by atoms with Crippen LogP contribution in [0.5, 0.6) is 0 Å². The van der Waals surface area contributed by atoms with E-state index in [4.69, 9.17) is 28.6 Å². The van der Waals surface area contributed by atoms with E-state index >= 15 is 0 Å². The molecule has 11 nitrogen and oxygen atoms in total. The smallest absolute Gasteiger partial charge is 0.247 e. The van der Waals surface area contributed by atoms with Gasteiger partial charge in [0, 0.05) is 36.0 Å². The fourth-order valence-electron chi connectivity index (χ4n) is 4.76. The van der Waals surface area contributed by atoms with Crippen molar-refractivity contribution in [2.75, 3.05) is 25.0 Å². The topological polar surface area (TPSA) is 136 Å². The summed E-state index contributed by atoms with van der Waals surface area (Å²) in [5.41, 5.74) is 2.04. The highest BCUT2D eigenvalue weighted by Crippen LogP contribution is 2.30. The molecule has 2 aromatic carbocycles. The first-order chi connectivity index (χ1) is 20.6. The van der Waals surface area contributed by atoms with Crippen molar-refractivity contribution in [1.29, 1.82) is 5.41 Å². The number of carbonyl (C=O) groups is 3. The van der Waals surface area contributed by atoms with Crippen molar-refractivity contribution in [1.82, 2.24) is 30.5 Å². The minimum atomic E-state index is -1.23. The van der Waals surface area contributed by atoms with Crippen LogP contribution in [0.2, 0.25) is 10.2 Å². The van der Waals surface area contributed by atoms with Gasteiger partial charge in [-0.3, -0.25) is 19.3 Å². The Hall–Kier alpha value is -4.81. The molecule has 2 aliphatic rings. The molecule has 1 fully saturated rings. The van der Waals surface area contributed by atoms with Crippen LogP contribution in [0.4, 0.5) is 10.1 Å². The molecule has 0 saturated carbocycles. The molecule has 1 saturated heterocycles. The number of allylic oxidation sites excluding steroid dienone is 4. The van der Waals surface area contributed by atoms with Crippen molar-refractivity contribution in [3.05, 3.63) is 106 Å². The second-order valence-corrected chi connectivity index (χ2v) is 10.5. The summed E-state index contributed by atoms with van der Waals surface area (Å²) >= 11 is 12.2. The highest BCUT2D eigenvalue weighted by molar-refractivity contribution is 6.31. The number of anilines is 1. The average molecular weight is 623 g/mol. The predicted molar refractivity (Wildman–Crippen MR) is 160 cm³/mol. The number of nitrogens with one attached hydrogen (secondary N) is 3. The van der Waals surface area contributed by atoms with Gasteiger partial charge in [0.15, 0.2) is 5.15 Å². The minimum Gasteiger partial charge on any atom is -0.393 e. The lowest BCUT2D eigenvalue weighted by atomic mass is 10.0. The maximum Gasteiger partial charge on any atom is 0.247 e. The van der Waals surface area contributed by atoms with Gasteiger partial charge >= 0.3 is 0 Å². The van der Waals surface area contributed by atoms with Gasteiger partial charge in [0.25, 0.3) is 0 Å². The van der Waals surface area contributed by atoms with E-state index in [9.17, 15) is 18.8 Å². The van der Waals surface area contributed by atoms with Gasteiger partial charge in [-0.1, -0.05) is 46.6 Å². The van der Waals surface area contributed by atoms with Crippen molar-refractivity contribution in [3.63, 3.8) is 0 Å². The SMILES string of the molecule is CN/C=C1/C=C(NC(=O)C(Cc2ccccc2F)N2CC(=O)N(c3cc(Cl)ccc3-n3cc(Cl)nn3)CC2=O)C=CC1=N. The summed E-state index contributed by atoms with van der Waals surface area (Å²) in [6.07, 6.45) is 7.53. The molecule has 1 aliphatic carbocycles. The third-order valence-electron chi connectivity index (χ3n) is 6.83. The van der Waals surface area contributed by atoms with Crippen LogP contribution in [0, 0.1) is 11.2 Å². The molecule has 1 atom stereocenters. The molecule has 14 heteroatoms. The first-order valence-electron chi connectivity index (χ1n) is 13.0. The number of hydrogen-bond donors (Lipinski definition) is 3. The minimum absolute atomic E-state index is 0.128. The zero-order valence-corrected chi connectivity index (χ0v) is 24.2. The van der Waals surface area contributed by atoms with Crippen LogP contribution >= 0.6 is 23.2 Å². The monoisotopic (exact) mass is 622 g/mol. The standard InChI is InChI=1S/C29H25Cl2FN8O3/c1-34-13-18-10-20(7-8-22(18)33)35-29(43)25(11-17-4-2-3-5-21(17)32)39-16-27(41)38(15-28(39)42)24-12-19(30)6-9-23(24)40-14-26(31)36-37-40/h2-10,12-14,25,33-34H,11,15-16H2,1H3,(H,35,43)/b18-13-,33-22?. The number of hydrogen-bond acceptors (Lipinski definition) is 7. The van der Waals surface area contributed by atoms with E-state index in [0.717, 1.165) is 4.90 Å². The molecule has 3 amide bonds. The number of carbonyl (C=O) groups excluding carboxylic acids is 3. The van der Waals surface area contributed by atoms with Crippen molar-refractivity contribution in [3.8, 4) is 5.69 Å². The van der Waals surface area contributed by atoms with Crippen LogP contribution in [-0.2, 0) is 20.8 Å². The Morgan fingerprint density at radius 3 is 2.63 bits per heavy atom. The van der Waals surface area contributed by atoms with Crippen LogP contribution in [0.3, 0.4) is 0 Å². The highest BCUT2D eigenvalue weighted by Gasteiger charge is 2.39. The lowest BCUT2D eigenvalue weighted by Crippen LogP contribution is -2.60. The summed E-state index contributed by atoms with van der Waals surface area (Å²) in [5.74, 6) is -2.20. The first-order valence-corrected chi connectivity index (χ1v) is 13.8. The number of piperazine rings is 1. The van der Waals surface area contributed by atoms with Crippen molar-refractivity contribution < 1.29 is 18.8 Å². The van der Waals surface area contributed by atoms with Crippen LogP contribution in [0.25, 0.3) is 5.69 Å². The summed E-state index contributed by atoms with van der Waals surface area (Å²) < 4.78 is 16.1. The lowest BCUT2D eigenvalue weighted by molar-refractivity contribution is -0.145. The average Bonchev–Trinajstić information content (AvgIpc) is 3.41. The number of benzene rings is 2. The summed E-state index contributed by atoms with van der Waals surface area (Å²) in [4.78, 5) is 43.3. The molecule has 5 rings (SSSR count). The Morgan fingerprint density at radius 2 is 1.91 bits per heavy atom. The van der Waals surface area contributed by atoms with E-state index in [1.807, 2.05) is 0 Å². The summed E-state index contributed by atoms with van der Waals surface area (Å²) in [7, 11) is 1.69. The molecule has 3 aromatic rings. The van der Waals surface area contributed by atoms with Gasteiger partial charge in [-0.2, -0.15) is 0 Å². The lowest BCUT2D eigenvalue weighted by Gasteiger charge is -2.38. The molecule has 1 aliphatic heterocycles. The number of amides is 3. The van der Waals surface area contributed by atoms with Crippen LogP contribution in [0.1, 0.15) is 5.56 Å². The Bertz CT molecular complexity index is 1720. The van der Waals surface area contributed by atoms with E-state index in [1.165, 1.54) is 46.1 Å². The number of halogens is 3. The highest BCUT2D eigenvalue weighted by atomic mass is 35.5. The first kappa shape index (κ1) is 29.7. The second kappa shape index (κ2) is 12.6. The largest absolute Gasteiger partial charge is 0.393 e. The van der Waals surface area contributed by atoms with E-state index in [2.05, 4.69) is 20.9 Å². The zero-order chi connectivity index (χ0) is 30.7. The third-order valence-corrected chi connectivity index (χ3v) is 7.24.